The number of aromatic nitrogens is 2. The van der Waals surface area contributed by atoms with E-state index in [1.165, 1.54) is 5.56 Å². The number of fused-ring (bicyclic) bond motifs is 1. The van der Waals surface area contributed by atoms with E-state index < -0.39 is 0 Å². The Labute approximate surface area is 194 Å². The molecular formula is C28H29N3O2. The quantitative estimate of drug-likeness (QED) is 0.379. The molecule has 0 saturated carbocycles. The average molecular weight is 440 g/mol. The van der Waals surface area contributed by atoms with Gasteiger partial charge in [0.1, 0.15) is 11.6 Å². The Morgan fingerprint density at radius 1 is 0.939 bits per heavy atom. The van der Waals surface area contributed by atoms with E-state index in [0.717, 1.165) is 47.6 Å². The summed E-state index contributed by atoms with van der Waals surface area (Å²) in [5.41, 5.74) is 4.63. The van der Waals surface area contributed by atoms with E-state index in [4.69, 9.17) is 9.72 Å². The van der Waals surface area contributed by atoms with E-state index in [2.05, 4.69) is 53.1 Å². The first-order valence-electron chi connectivity index (χ1n) is 11.6. The van der Waals surface area contributed by atoms with Gasteiger partial charge in [0, 0.05) is 32.0 Å². The molecule has 1 amide bonds. The van der Waals surface area contributed by atoms with Gasteiger partial charge in [-0.15, -0.1) is 0 Å². The first-order chi connectivity index (χ1) is 16.2. The van der Waals surface area contributed by atoms with Crippen molar-refractivity contribution >= 4 is 16.9 Å². The molecule has 3 aromatic carbocycles. The van der Waals surface area contributed by atoms with Crippen molar-refractivity contribution in [2.24, 2.45) is 0 Å². The lowest BCUT2D eigenvalue weighted by molar-refractivity contribution is -0.128. The minimum absolute atomic E-state index is 0.111. The molecule has 0 radical (unpaired) electrons. The van der Waals surface area contributed by atoms with Crippen LogP contribution in [0.4, 0.5) is 0 Å². The number of carbonyl (C=O) groups is 1. The minimum atomic E-state index is 0.111. The van der Waals surface area contributed by atoms with Gasteiger partial charge in [0.15, 0.2) is 0 Å². The number of ether oxygens (including phenoxy) is 1. The second kappa shape index (κ2) is 9.49. The van der Waals surface area contributed by atoms with Crippen molar-refractivity contribution < 1.29 is 9.53 Å². The molecule has 0 bridgehead atoms. The van der Waals surface area contributed by atoms with Crippen LogP contribution in [-0.4, -0.2) is 34.0 Å². The molecule has 5 nitrogen and oxygen atoms in total. The van der Waals surface area contributed by atoms with Crippen LogP contribution in [0.1, 0.15) is 35.7 Å². The van der Waals surface area contributed by atoms with Crippen molar-refractivity contribution in [2.45, 2.75) is 38.3 Å². The van der Waals surface area contributed by atoms with Crippen molar-refractivity contribution in [3.8, 4) is 5.75 Å². The topological polar surface area (TPSA) is 47.4 Å². The normalized spacial score (nSPS) is 16.0. The number of hydrogen-bond acceptors (Lipinski definition) is 3. The average Bonchev–Trinajstić information content (AvgIpc) is 3.40. The van der Waals surface area contributed by atoms with Crippen LogP contribution in [0.25, 0.3) is 11.0 Å². The number of benzene rings is 3. The van der Waals surface area contributed by atoms with Gasteiger partial charge in [-0.05, 0) is 48.2 Å². The minimum Gasteiger partial charge on any atom is -0.497 e. The first kappa shape index (κ1) is 21.3. The van der Waals surface area contributed by atoms with Crippen LogP contribution in [0.15, 0.2) is 78.9 Å². The Hall–Kier alpha value is -3.60. The first-order valence-corrected chi connectivity index (χ1v) is 11.6. The SMILES string of the molecule is COc1ccc(CN2CC(c3nc4ccccc4n3CCCc3ccccc3)CC2=O)cc1. The number of carbonyl (C=O) groups excluding carboxylic acids is 1. The van der Waals surface area contributed by atoms with E-state index in [1.807, 2.05) is 35.2 Å². The second-order valence-electron chi connectivity index (χ2n) is 8.72. The fourth-order valence-electron chi connectivity index (χ4n) is 4.78. The molecule has 33 heavy (non-hydrogen) atoms. The molecule has 5 rings (SSSR count). The van der Waals surface area contributed by atoms with Crippen LogP contribution in [0.2, 0.25) is 0 Å². The monoisotopic (exact) mass is 439 g/mol. The predicted molar refractivity (Wildman–Crippen MR) is 130 cm³/mol. The summed E-state index contributed by atoms with van der Waals surface area (Å²) in [6.45, 7) is 2.22. The zero-order valence-electron chi connectivity index (χ0n) is 19.0. The summed E-state index contributed by atoms with van der Waals surface area (Å²) in [6.07, 6.45) is 2.58. The van der Waals surface area contributed by atoms with Crippen molar-refractivity contribution in [1.82, 2.24) is 14.5 Å². The van der Waals surface area contributed by atoms with Gasteiger partial charge in [0.05, 0.1) is 18.1 Å². The maximum Gasteiger partial charge on any atom is 0.223 e. The predicted octanol–water partition coefficient (Wildman–Crippen LogP) is 5.19. The number of methoxy groups -OCH3 is 1. The summed E-state index contributed by atoms with van der Waals surface area (Å²) in [7, 11) is 1.66. The number of imidazole rings is 1. The zero-order chi connectivity index (χ0) is 22.6. The Kier molecular flexibility index (Phi) is 6.11. The largest absolute Gasteiger partial charge is 0.497 e. The Balaban J connectivity index is 1.34. The van der Waals surface area contributed by atoms with Gasteiger partial charge in [0.2, 0.25) is 5.91 Å². The fourth-order valence-corrected chi connectivity index (χ4v) is 4.78. The molecule has 1 aliphatic heterocycles. The number of aryl methyl sites for hydroxylation is 2. The summed E-state index contributed by atoms with van der Waals surface area (Å²) < 4.78 is 7.59. The summed E-state index contributed by atoms with van der Waals surface area (Å²) in [4.78, 5) is 19.8. The summed E-state index contributed by atoms with van der Waals surface area (Å²) >= 11 is 0. The molecule has 1 fully saturated rings. The number of amides is 1. The lowest BCUT2D eigenvalue weighted by Crippen LogP contribution is -2.24. The van der Waals surface area contributed by atoms with E-state index in [-0.39, 0.29) is 11.8 Å². The molecule has 4 aromatic rings. The molecule has 0 aliphatic carbocycles. The van der Waals surface area contributed by atoms with Crippen LogP contribution in [0.5, 0.6) is 5.75 Å². The highest BCUT2D eigenvalue weighted by Crippen LogP contribution is 2.31. The van der Waals surface area contributed by atoms with E-state index in [9.17, 15) is 4.79 Å². The third-order valence-corrected chi connectivity index (χ3v) is 6.49. The number of rotatable bonds is 8. The van der Waals surface area contributed by atoms with Crippen LogP contribution in [0.3, 0.4) is 0 Å². The van der Waals surface area contributed by atoms with Gasteiger partial charge in [-0.3, -0.25) is 4.79 Å². The molecular weight excluding hydrogens is 410 g/mol. The Bertz CT molecular complexity index is 1230. The molecule has 1 saturated heterocycles. The molecule has 0 spiro atoms. The van der Waals surface area contributed by atoms with Gasteiger partial charge in [-0.1, -0.05) is 54.6 Å². The van der Waals surface area contributed by atoms with Gasteiger partial charge in [-0.25, -0.2) is 4.98 Å². The van der Waals surface area contributed by atoms with Crippen molar-refractivity contribution in [2.75, 3.05) is 13.7 Å². The van der Waals surface area contributed by atoms with Crippen LogP contribution in [-0.2, 0) is 24.3 Å². The van der Waals surface area contributed by atoms with Crippen molar-refractivity contribution in [3.63, 3.8) is 0 Å². The maximum absolute atomic E-state index is 12.9. The lowest BCUT2D eigenvalue weighted by Gasteiger charge is -2.18. The zero-order valence-corrected chi connectivity index (χ0v) is 19.0. The molecule has 1 unspecified atom stereocenters. The molecule has 1 aliphatic rings. The van der Waals surface area contributed by atoms with Gasteiger partial charge in [-0.2, -0.15) is 0 Å². The third kappa shape index (κ3) is 4.63. The third-order valence-electron chi connectivity index (χ3n) is 6.49. The van der Waals surface area contributed by atoms with Gasteiger partial charge >= 0.3 is 0 Å². The number of hydrogen-bond donors (Lipinski definition) is 0. The van der Waals surface area contributed by atoms with Crippen molar-refractivity contribution in [3.05, 3.63) is 95.8 Å². The highest BCUT2D eigenvalue weighted by molar-refractivity contribution is 5.81. The summed E-state index contributed by atoms with van der Waals surface area (Å²) in [5, 5.41) is 0. The molecule has 168 valence electrons. The van der Waals surface area contributed by atoms with Crippen molar-refractivity contribution in [1.29, 1.82) is 0 Å². The van der Waals surface area contributed by atoms with Crippen LogP contribution >= 0.6 is 0 Å². The highest BCUT2D eigenvalue weighted by Gasteiger charge is 2.33. The molecule has 0 N–H and O–H groups in total. The fraction of sp³-hybridized carbons (Fsp3) is 0.286. The number of para-hydroxylation sites is 2. The molecule has 2 heterocycles. The second-order valence-corrected chi connectivity index (χ2v) is 8.72. The summed E-state index contributed by atoms with van der Waals surface area (Å²) in [6, 6.07) is 26.8. The van der Waals surface area contributed by atoms with Gasteiger partial charge < -0.3 is 14.2 Å². The number of likely N-dealkylation sites (tertiary alicyclic amines) is 1. The smallest absolute Gasteiger partial charge is 0.223 e. The van der Waals surface area contributed by atoms with E-state index >= 15 is 0 Å². The van der Waals surface area contributed by atoms with Crippen LogP contribution < -0.4 is 4.74 Å². The Morgan fingerprint density at radius 2 is 1.70 bits per heavy atom. The van der Waals surface area contributed by atoms with Crippen LogP contribution in [0, 0.1) is 0 Å². The van der Waals surface area contributed by atoms with Gasteiger partial charge in [0.25, 0.3) is 0 Å². The van der Waals surface area contributed by atoms with E-state index in [1.54, 1.807) is 7.11 Å². The van der Waals surface area contributed by atoms with E-state index in [0.29, 0.717) is 19.5 Å². The highest BCUT2D eigenvalue weighted by atomic mass is 16.5. The summed E-state index contributed by atoms with van der Waals surface area (Å²) in [5.74, 6) is 2.17. The number of nitrogens with zero attached hydrogens (tertiary/aromatic N) is 3. The standard InChI is InChI=1S/C28H29N3O2/c1-33-24-15-13-22(14-16-24)19-30-20-23(18-27(30)32)28-29-25-11-5-6-12-26(25)31(28)17-7-10-21-8-3-2-4-9-21/h2-6,8-9,11-16,23H,7,10,17-20H2,1H3. The lowest BCUT2D eigenvalue weighted by atomic mass is 10.1. The maximum atomic E-state index is 12.9. The molecule has 1 aromatic heterocycles. The molecule has 5 heteroatoms. The molecule has 1 atom stereocenters. The Morgan fingerprint density at radius 3 is 2.48 bits per heavy atom.